The molecule has 0 saturated heterocycles. The average molecular weight is 433 g/mol. The van der Waals surface area contributed by atoms with E-state index in [-0.39, 0.29) is 5.57 Å². The van der Waals surface area contributed by atoms with Gasteiger partial charge >= 0.3 is 0 Å². The third kappa shape index (κ3) is 3.41. The van der Waals surface area contributed by atoms with Crippen molar-refractivity contribution < 1.29 is 14.0 Å². The Morgan fingerprint density at radius 2 is 1.58 bits per heavy atom. The van der Waals surface area contributed by atoms with Gasteiger partial charge in [0.2, 0.25) is 0 Å². The molecule has 0 fully saturated rings. The van der Waals surface area contributed by atoms with Gasteiger partial charge in [0.15, 0.2) is 0 Å². The van der Waals surface area contributed by atoms with Crippen molar-refractivity contribution in [1.29, 1.82) is 0 Å². The predicted octanol–water partition coefficient (Wildman–Crippen LogP) is 4.82. The number of fused-ring (bicyclic) bond motifs is 1. The third-order valence-corrected chi connectivity index (χ3v) is 5.94. The van der Waals surface area contributed by atoms with E-state index in [0.29, 0.717) is 35.1 Å². The van der Waals surface area contributed by atoms with Crippen molar-refractivity contribution in [3.8, 4) is 0 Å². The predicted molar refractivity (Wildman–Crippen MR) is 118 cm³/mol. The number of carbonyl (C=O) groups excluding carboxylic acids is 2. The Labute approximate surface area is 184 Å². The first-order valence-electron chi connectivity index (χ1n) is 9.99. The fourth-order valence-corrected chi connectivity index (χ4v) is 4.41. The molecule has 0 unspecified atom stereocenters. The van der Waals surface area contributed by atoms with Crippen LogP contribution in [0.2, 0.25) is 5.02 Å². The van der Waals surface area contributed by atoms with Crippen molar-refractivity contribution in [2.24, 2.45) is 0 Å². The summed E-state index contributed by atoms with van der Waals surface area (Å²) in [5.74, 6) is -1.24. The van der Waals surface area contributed by atoms with Crippen LogP contribution in [0.1, 0.15) is 16.7 Å². The van der Waals surface area contributed by atoms with Crippen LogP contribution in [0.3, 0.4) is 0 Å². The van der Waals surface area contributed by atoms with Gasteiger partial charge in [-0.3, -0.25) is 9.59 Å². The second-order valence-corrected chi connectivity index (χ2v) is 8.03. The van der Waals surface area contributed by atoms with Gasteiger partial charge in [0, 0.05) is 18.1 Å². The quantitative estimate of drug-likeness (QED) is 0.557. The summed E-state index contributed by atoms with van der Waals surface area (Å²) in [6, 6.07) is 20.4. The molecule has 5 rings (SSSR count). The largest absolute Gasteiger partial charge is 0.362 e. The molecule has 0 saturated carbocycles. The molecule has 0 radical (unpaired) electrons. The second-order valence-electron chi connectivity index (χ2n) is 7.60. The first-order chi connectivity index (χ1) is 15.0. The topological polar surface area (TPSA) is 40.6 Å². The maximum Gasteiger partial charge on any atom is 0.282 e. The Kier molecular flexibility index (Phi) is 4.83. The highest BCUT2D eigenvalue weighted by atomic mass is 35.5. The Bertz CT molecular complexity index is 1240. The smallest absolute Gasteiger partial charge is 0.282 e. The highest BCUT2D eigenvalue weighted by molar-refractivity contribution is 6.45. The van der Waals surface area contributed by atoms with Crippen LogP contribution in [0.5, 0.6) is 0 Å². The van der Waals surface area contributed by atoms with Crippen molar-refractivity contribution >= 4 is 34.7 Å². The van der Waals surface area contributed by atoms with Gasteiger partial charge in [-0.1, -0.05) is 54.1 Å². The summed E-state index contributed by atoms with van der Waals surface area (Å²) in [5, 5.41) is 0.432. The van der Waals surface area contributed by atoms with Crippen LogP contribution in [-0.4, -0.2) is 23.3 Å². The van der Waals surface area contributed by atoms with E-state index in [0.717, 1.165) is 16.9 Å². The maximum absolute atomic E-state index is 13.6. The highest BCUT2D eigenvalue weighted by Crippen LogP contribution is 2.37. The van der Waals surface area contributed by atoms with Crippen LogP contribution in [0, 0.1) is 5.82 Å². The lowest BCUT2D eigenvalue weighted by Crippen LogP contribution is -2.37. The number of amides is 2. The van der Waals surface area contributed by atoms with Gasteiger partial charge in [-0.15, -0.1) is 0 Å². The molecule has 4 nitrogen and oxygen atoms in total. The Balaban J connectivity index is 1.63. The first kappa shape index (κ1) is 19.5. The Morgan fingerprint density at radius 1 is 0.839 bits per heavy atom. The summed E-state index contributed by atoms with van der Waals surface area (Å²) in [4.78, 5) is 30.2. The van der Waals surface area contributed by atoms with Crippen LogP contribution in [0.15, 0.2) is 78.5 Å². The number of imide groups is 1. The normalized spacial score (nSPS) is 16.2. The zero-order chi connectivity index (χ0) is 21.5. The van der Waals surface area contributed by atoms with Crippen LogP contribution in [0.4, 0.5) is 10.1 Å². The maximum atomic E-state index is 13.6. The number of hydrogen-bond acceptors (Lipinski definition) is 3. The summed E-state index contributed by atoms with van der Waals surface area (Å²) < 4.78 is 13.5. The summed E-state index contributed by atoms with van der Waals surface area (Å²) in [6.07, 6.45) is 0.773. The second kappa shape index (κ2) is 7.67. The molecule has 3 aromatic rings. The van der Waals surface area contributed by atoms with E-state index in [1.165, 1.54) is 29.8 Å². The monoisotopic (exact) mass is 432 g/mol. The minimum Gasteiger partial charge on any atom is -0.362 e. The standard InChI is InChI=1S/C25H18ClFN2O2/c26-19-6-3-7-21(14-19)29-24(30)22(17-8-10-20(27)11-9-17)23(25(29)31)28-13-12-16-4-1-2-5-18(16)15-28/h1-11,14H,12-13,15H2. The van der Waals surface area contributed by atoms with E-state index in [9.17, 15) is 14.0 Å². The van der Waals surface area contributed by atoms with Gasteiger partial charge in [-0.2, -0.15) is 0 Å². The summed E-state index contributed by atoms with van der Waals surface area (Å²) in [6.45, 7) is 1.14. The van der Waals surface area contributed by atoms with Crippen LogP contribution in [0.25, 0.3) is 5.57 Å². The number of carbonyl (C=O) groups is 2. The summed E-state index contributed by atoms with van der Waals surface area (Å²) >= 11 is 6.12. The van der Waals surface area contributed by atoms with Crippen molar-refractivity contribution in [3.05, 3.63) is 106 Å². The molecule has 2 aliphatic rings. The SMILES string of the molecule is O=C1C(c2ccc(F)cc2)=C(N2CCc3ccccc3C2)C(=O)N1c1cccc(Cl)c1. The molecule has 2 aliphatic heterocycles. The summed E-state index contributed by atoms with van der Waals surface area (Å²) in [5.41, 5.74) is 3.91. The van der Waals surface area contributed by atoms with Crippen molar-refractivity contribution in [1.82, 2.24) is 4.90 Å². The molecule has 3 aromatic carbocycles. The molecule has 154 valence electrons. The minimum absolute atomic E-state index is 0.282. The molecule has 0 aromatic heterocycles. The first-order valence-corrected chi connectivity index (χ1v) is 10.4. The van der Waals surface area contributed by atoms with E-state index in [2.05, 4.69) is 6.07 Å². The number of rotatable bonds is 3. The van der Waals surface area contributed by atoms with Crippen LogP contribution in [-0.2, 0) is 22.6 Å². The van der Waals surface area contributed by atoms with Gasteiger partial charge in [0.25, 0.3) is 11.8 Å². The van der Waals surface area contributed by atoms with Crippen molar-refractivity contribution in [2.45, 2.75) is 13.0 Å². The number of nitrogens with zero attached hydrogens (tertiary/aromatic N) is 2. The minimum atomic E-state index is -0.437. The lowest BCUT2D eigenvalue weighted by atomic mass is 9.98. The van der Waals surface area contributed by atoms with E-state index in [1.807, 2.05) is 23.1 Å². The lowest BCUT2D eigenvalue weighted by Gasteiger charge is -2.31. The fourth-order valence-electron chi connectivity index (χ4n) is 4.22. The zero-order valence-electron chi connectivity index (χ0n) is 16.5. The number of halogens is 2. The van der Waals surface area contributed by atoms with Crippen LogP contribution >= 0.6 is 11.6 Å². The third-order valence-electron chi connectivity index (χ3n) is 5.71. The lowest BCUT2D eigenvalue weighted by molar-refractivity contribution is -0.120. The molecule has 0 atom stereocenters. The molecule has 2 heterocycles. The fraction of sp³-hybridized carbons (Fsp3) is 0.120. The highest BCUT2D eigenvalue weighted by Gasteiger charge is 2.43. The molecule has 0 spiro atoms. The van der Waals surface area contributed by atoms with Gasteiger partial charge < -0.3 is 4.90 Å². The average Bonchev–Trinajstić information content (AvgIpc) is 3.04. The van der Waals surface area contributed by atoms with Crippen molar-refractivity contribution in [2.75, 3.05) is 11.4 Å². The molecular formula is C25H18ClFN2O2. The van der Waals surface area contributed by atoms with Gasteiger partial charge in [0.1, 0.15) is 11.5 Å². The van der Waals surface area contributed by atoms with Crippen LogP contribution < -0.4 is 4.90 Å². The van der Waals surface area contributed by atoms with E-state index < -0.39 is 17.6 Å². The Morgan fingerprint density at radius 3 is 2.32 bits per heavy atom. The molecule has 0 aliphatic carbocycles. The Hall–Kier alpha value is -3.44. The van der Waals surface area contributed by atoms with E-state index in [4.69, 9.17) is 11.6 Å². The zero-order valence-corrected chi connectivity index (χ0v) is 17.3. The van der Waals surface area contributed by atoms with Gasteiger partial charge in [-0.05, 0) is 53.4 Å². The molecule has 2 amide bonds. The van der Waals surface area contributed by atoms with Gasteiger partial charge in [0.05, 0.1) is 11.3 Å². The molecule has 31 heavy (non-hydrogen) atoms. The van der Waals surface area contributed by atoms with E-state index in [1.54, 1.807) is 24.3 Å². The number of anilines is 1. The van der Waals surface area contributed by atoms with Gasteiger partial charge in [-0.25, -0.2) is 9.29 Å². The molecular weight excluding hydrogens is 415 g/mol. The van der Waals surface area contributed by atoms with E-state index >= 15 is 0 Å². The number of hydrogen-bond donors (Lipinski definition) is 0. The molecule has 6 heteroatoms. The van der Waals surface area contributed by atoms with Crippen molar-refractivity contribution in [3.63, 3.8) is 0 Å². The molecule has 0 N–H and O–H groups in total. The number of benzene rings is 3. The molecule has 0 bridgehead atoms. The summed E-state index contributed by atoms with van der Waals surface area (Å²) in [7, 11) is 0.